The quantitative estimate of drug-likeness (QED) is 0.349. The molecule has 4 rings (SSSR count). The highest BCUT2D eigenvalue weighted by atomic mass is 16.6. The molecule has 1 saturated heterocycles. The van der Waals surface area contributed by atoms with Crippen LogP contribution in [-0.2, 0) is 16.1 Å². The molecule has 31 heavy (non-hydrogen) atoms. The Labute approximate surface area is 179 Å². The first-order valence-corrected chi connectivity index (χ1v) is 10.2. The van der Waals surface area contributed by atoms with E-state index >= 15 is 0 Å². The van der Waals surface area contributed by atoms with Gasteiger partial charge in [-0.25, -0.2) is 0 Å². The molecule has 3 aromatic rings. The van der Waals surface area contributed by atoms with Gasteiger partial charge in [-0.05, 0) is 47.4 Å². The Kier molecular flexibility index (Phi) is 5.93. The van der Waals surface area contributed by atoms with Gasteiger partial charge in [-0.15, -0.1) is 0 Å². The molecular weight excluding hydrogens is 396 g/mol. The molecule has 0 radical (unpaired) electrons. The Bertz CT molecular complexity index is 1110. The summed E-state index contributed by atoms with van der Waals surface area (Å²) >= 11 is 0. The van der Waals surface area contributed by atoms with E-state index in [1.807, 2.05) is 42.5 Å². The number of fused-ring (bicyclic) bond motifs is 1. The lowest BCUT2D eigenvalue weighted by molar-refractivity contribution is -0.384. The third-order valence-electron chi connectivity index (χ3n) is 5.66. The molecule has 0 atom stereocenters. The van der Waals surface area contributed by atoms with Crippen LogP contribution in [-0.4, -0.2) is 34.8 Å². The minimum Gasteiger partial charge on any atom is -0.461 e. The number of non-ortho nitro benzene ring substituents is 1. The standard InChI is InChI=1S/C24H22N2O5/c27-23(22-7-3-5-18-4-1-2-6-21(18)22)25-14-12-19(13-15-25)24(28)31-16-17-8-10-20(11-9-17)26(29)30/h1-11,19H,12-16H2. The number of nitrogens with zero attached hydrogens (tertiary/aromatic N) is 2. The molecule has 3 aromatic carbocycles. The summed E-state index contributed by atoms with van der Waals surface area (Å²) in [7, 11) is 0. The number of nitro groups is 1. The number of rotatable bonds is 5. The van der Waals surface area contributed by atoms with Crippen molar-refractivity contribution in [2.75, 3.05) is 13.1 Å². The number of carbonyl (C=O) groups excluding carboxylic acids is 2. The lowest BCUT2D eigenvalue weighted by atomic mass is 9.95. The van der Waals surface area contributed by atoms with Crippen molar-refractivity contribution in [3.8, 4) is 0 Å². The molecule has 1 aliphatic rings. The second-order valence-electron chi connectivity index (χ2n) is 7.62. The molecule has 0 aliphatic carbocycles. The van der Waals surface area contributed by atoms with Crippen LogP contribution in [0.1, 0.15) is 28.8 Å². The molecule has 0 N–H and O–H groups in total. The van der Waals surface area contributed by atoms with E-state index in [0.29, 0.717) is 37.1 Å². The zero-order valence-electron chi connectivity index (χ0n) is 16.9. The minimum absolute atomic E-state index is 0.00156. The maximum absolute atomic E-state index is 13.0. The van der Waals surface area contributed by atoms with Gasteiger partial charge >= 0.3 is 5.97 Å². The van der Waals surface area contributed by atoms with Crippen LogP contribution < -0.4 is 0 Å². The van der Waals surface area contributed by atoms with Gasteiger partial charge in [0.25, 0.3) is 11.6 Å². The summed E-state index contributed by atoms with van der Waals surface area (Å²) in [5.41, 5.74) is 1.37. The Hall–Kier alpha value is -3.74. The number of likely N-dealkylation sites (tertiary alicyclic amines) is 1. The van der Waals surface area contributed by atoms with Gasteiger partial charge in [-0.1, -0.05) is 36.4 Å². The summed E-state index contributed by atoms with van der Waals surface area (Å²) in [6, 6.07) is 19.5. The van der Waals surface area contributed by atoms with E-state index in [4.69, 9.17) is 4.74 Å². The number of ether oxygens (including phenoxy) is 1. The van der Waals surface area contributed by atoms with Crippen molar-refractivity contribution in [1.82, 2.24) is 4.90 Å². The predicted molar refractivity (Wildman–Crippen MR) is 115 cm³/mol. The molecule has 1 amide bonds. The van der Waals surface area contributed by atoms with Crippen molar-refractivity contribution in [3.63, 3.8) is 0 Å². The van der Waals surface area contributed by atoms with Crippen molar-refractivity contribution in [3.05, 3.63) is 88.0 Å². The fourth-order valence-electron chi connectivity index (χ4n) is 3.89. The Morgan fingerprint density at radius 1 is 0.968 bits per heavy atom. The summed E-state index contributed by atoms with van der Waals surface area (Å²) < 4.78 is 5.39. The maximum atomic E-state index is 13.0. The van der Waals surface area contributed by atoms with Crippen molar-refractivity contribution in [1.29, 1.82) is 0 Å². The van der Waals surface area contributed by atoms with Crippen LogP contribution in [0, 0.1) is 16.0 Å². The molecule has 0 aromatic heterocycles. The zero-order chi connectivity index (χ0) is 21.8. The molecular formula is C24H22N2O5. The highest BCUT2D eigenvalue weighted by molar-refractivity contribution is 6.07. The fraction of sp³-hybridized carbons (Fsp3) is 0.250. The first-order valence-electron chi connectivity index (χ1n) is 10.2. The number of hydrogen-bond acceptors (Lipinski definition) is 5. The molecule has 1 heterocycles. The fourth-order valence-corrected chi connectivity index (χ4v) is 3.89. The van der Waals surface area contributed by atoms with Gasteiger partial charge in [0, 0.05) is 30.8 Å². The Morgan fingerprint density at radius 2 is 1.65 bits per heavy atom. The third kappa shape index (κ3) is 4.55. The first-order chi connectivity index (χ1) is 15.0. The van der Waals surface area contributed by atoms with Crippen LogP contribution in [0.15, 0.2) is 66.7 Å². The van der Waals surface area contributed by atoms with Crippen LogP contribution >= 0.6 is 0 Å². The molecule has 158 valence electrons. The van der Waals surface area contributed by atoms with Gasteiger partial charge in [0.2, 0.25) is 0 Å². The van der Waals surface area contributed by atoms with Gasteiger partial charge in [-0.3, -0.25) is 19.7 Å². The van der Waals surface area contributed by atoms with Crippen molar-refractivity contribution in [2.24, 2.45) is 5.92 Å². The SMILES string of the molecule is O=C(OCc1ccc([N+](=O)[O-])cc1)C1CCN(C(=O)c2cccc3ccccc23)CC1. The Morgan fingerprint density at radius 3 is 2.35 bits per heavy atom. The van der Waals surface area contributed by atoms with Gasteiger partial charge in [0.15, 0.2) is 0 Å². The van der Waals surface area contributed by atoms with Crippen molar-refractivity contribution >= 4 is 28.3 Å². The number of esters is 1. The average Bonchev–Trinajstić information content (AvgIpc) is 2.82. The summed E-state index contributed by atoms with van der Waals surface area (Å²) in [6.07, 6.45) is 1.10. The second-order valence-corrected chi connectivity index (χ2v) is 7.62. The number of carbonyl (C=O) groups is 2. The number of amides is 1. The van der Waals surface area contributed by atoms with Crippen molar-refractivity contribution in [2.45, 2.75) is 19.4 Å². The van der Waals surface area contributed by atoms with Gasteiger partial charge in [0.1, 0.15) is 6.61 Å². The van der Waals surface area contributed by atoms with Gasteiger partial charge < -0.3 is 9.64 Å². The average molecular weight is 418 g/mol. The highest BCUT2D eigenvalue weighted by Gasteiger charge is 2.29. The molecule has 7 heteroatoms. The third-order valence-corrected chi connectivity index (χ3v) is 5.66. The number of hydrogen-bond donors (Lipinski definition) is 0. The van der Waals surface area contributed by atoms with E-state index in [0.717, 1.165) is 10.8 Å². The molecule has 1 aliphatic heterocycles. The summed E-state index contributed by atoms with van der Waals surface area (Å²) in [5.74, 6) is -0.570. The van der Waals surface area contributed by atoms with E-state index in [1.165, 1.54) is 12.1 Å². The maximum Gasteiger partial charge on any atom is 0.309 e. The van der Waals surface area contributed by atoms with E-state index in [1.54, 1.807) is 17.0 Å². The van der Waals surface area contributed by atoms with Crippen molar-refractivity contribution < 1.29 is 19.2 Å². The van der Waals surface area contributed by atoms with E-state index in [2.05, 4.69) is 0 Å². The van der Waals surface area contributed by atoms with Gasteiger partial charge in [-0.2, -0.15) is 0 Å². The minimum atomic E-state index is -0.469. The van der Waals surface area contributed by atoms with Crippen LogP contribution in [0.2, 0.25) is 0 Å². The van der Waals surface area contributed by atoms with Crippen LogP contribution in [0.5, 0.6) is 0 Å². The smallest absolute Gasteiger partial charge is 0.309 e. The normalized spacial score (nSPS) is 14.4. The number of piperidine rings is 1. The van der Waals surface area contributed by atoms with Gasteiger partial charge in [0.05, 0.1) is 10.8 Å². The zero-order valence-corrected chi connectivity index (χ0v) is 16.9. The monoisotopic (exact) mass is 418 g/mol. The Balaban J connectivity index is 1.32. The molecule has 0 saturated carbocycles. The van der Waals surface area contributed by atoms with Crippen LogP contribution in [0.25, 0.3) is 10.8 Å². The van der Waals surface area contributed by atoms with E-state index in [-0.39, 0.29) is 30.1 Å². The first kappa shape index (κ1) is 20.5. The number of nitro benzene ring substituents is 1. The lowest BCUT2D eigenvalue weighted by Crippen LogP contribution is -2.40. The topological polar surface area (TPSA) is 89.8 Å². The molecule has 1 fully saturated rings. The summed E-state index contributed by atoms with van der Waals surface area (Å²) in [4.78, 5) is 37.5. The van der Waals surface area contributed by atoms with E-state index in [9.17, 15) is 19.7 Å². The summed E-state index contributed by atoms with van der Waals surface area (Å²) in [6.45, 7) is 1.07. The highest BCUT2D eigenvalue weighted by Crippen LogP contribution is 2.24. The van der Waals surface area contributed by atoms with Crippen LogP contribution in [0.3, 0.4) is 0 Å². The lowest BCUT2D eigenvalue weighted by Gasteiger charge is -2.31. The van der Waals surface area contributed by atoms with Crippen LogP contribution in [0.4, 0.5) is 5.69 Å². The molecule has 0 bridgehead atoms. The largest absolute Gasteiger partial charge is 0.461 e. The predicted octanol–water partition coefficient (Wildman–Crippen LogP) is 4.34. The molecule has 0 spiro atoms. The number of benzene rings is 3. The second kappa shape index (κ2) is 8.95. The van der Waals surface area contributed by atoms with E-state index < -0.39 is 4.92 Å². The molecule has 7 nitrogen and oxygen atoms in total. The molecule has 0 unspecified atom stereocenters. The summed E-state index contributed by atoms with van der Waals surface area (Å²) in [5, 5.41) is 12.7.